The standard InChI is InChI=1S/C18H16FN3O3/c1-12(17(23)21(2)15-6-4-3-5-7-15)22-18(24)25-16(20-22)13-8-10-14(19)11-9-13/h3-12H,1-2H3/t12-/m1/s1. The molecule has 0 bridgehead atoms. The molecule has 0 spiro atoms. The zero-order valence-corrected chi connectivity index (χ0v) is 13.7. The van der Waals surface area contributed by atoms with Crippen LogP contribution in [0.4, 0.5) is 10.1 Å². The molecule has 6 nitrogen and oxygen atoms in total. The van der Waals surface area contributed by atoms with Crippen molar-refractivity contribution in [3.05, 3.63) is 71.0 Å². The molecule has 0 aliphatic carbocycles. The Morgan fingerprint density at radius 3 is 2.44 bits per heavy atom. The second-order valence-corrected chi connectivity index (χ2v) is 5.53. The Morgan fingerprint density at radius 2 is 1.80 bits per heavy atom. The lowest BCUT2D eigenvalue weighted by molar-refractivity contribution is -0.121. The summed E-state index contributed by atoms with van der Waals surface area (Å²) in [5.74, 6) is -1.43. The summed E-state index contributed by atoms with van der Waals surface area (Å²) in [5.41, 5.74) is 1.16. The third-order valence-corrected chi connectivity index (χ3v) is 3.86. The number of aromatic nitrogens is 2. The van der Waals surface area contributed by atoms with Crippen LogP contribution in [0.3, 0.4) is 0 Å². The van der Waals surface area contributed by atoms with Crippen molar-refractivity contribution in [2.45, 2.75) is 13.0 Å². The zero-order valence-electron chi connectivity index (χ0n) is 13.7. The predicted octanol–water partition coefficient (Wildman–Crippen LogP) is 2.87. The molecular weight excluding hydrogens is 325 g/mol. The summed E-state index contributed by atoms with van der Waals surface area (Å²) < 4.78 is 19.1. The molecule has 3 aromatic rings. The van der Waals surface area contributed by atoms with Crippen molar-refractivity contribution in [2.75, 3.05) is 11.9 Å². The SMILES string of the molecule is C[C@H](C(=O)N(C)c1ccccc1)n1nc(-c2ccc(F)cc2)oc1=O. The van der Waals surface area contributed by atoms with Gasteiger partial charge in [-0.05, 0) is 43.3 Å². The van der Waals surface area contributed by atoms with Crippen LogP contribution in [0, 0.1) is 5.82 Å². The van der Waals surface area contributed by atoms with E-state index in [0.29, 0.717) is 11.3 Å². The second kappa shape index (κ2) is 6.72. The van der Waals surface area contributed by atoms with E-state index in [1.807, 2.05) is 18.2 Å². The van der Waals surface area contributed by atoms with E-state index in [4.69, 9.17) is 4.42 Å². The highest BCUT2D eigenvalue weighted by Gasteiger charge is 2.25. The lowest BCUT2D eigenvalue weighted by atomic mass is 10.2. The highest BCUT2D eigenvalue weighted by molar-refractivity contribution is 5.95. The summed E-state index contributed by atoms with van der Waals surface area (Å²) in [6.07, 6.45) is 0. The molecule has 2 aromatic carbocycles. The van der Waals surface area contributed by atoms with Crippen molar-refractivity contribution in [1.29, 1.82) is 0 Å². The Hall–Kier alpha value is -3.22. The van der Waals surface area contributed by atoms with Gasteiger partial charge in [0.15, 0.2) is 0 Å². The van der Waals surface area contributed by atoms with E-state index in [1.165, 1.54) is 29.2 Å². The number of amides is 1. The first-order valence-electron chi connectivity index (χ1n) is 7.65. The monoisotopic (exact) mass is 341 g/mol. The topological polar surface area (TPSA) is 68.3 Å². The number of hydrogen-bond acceptors (Lipinski definition) is 4. The maximum atomic E-state index is 13.0. The molecule has 0 radical (unpaired) electrons. The fourth-order valence-corrected chi connectivity index (χ4v) is 2.41. The van der Waals surface area contributed by atoms with Crippen LogP contribution in [-0.4, -0.2) is 22.7 Å². The number of carbonyl (C=O) groups excluding carboxylic acids is 1. The van der Waals surface area contributed by atoms with E-state index in [9.17, 15) is 14.0 Å². The summed E-state index contributed by atoms with van der Waals surface area (Å²) in [6, 6.07) is 13.6. The van der Waals surface area contributed by atoms with Gasteiger partial charge in [0.2, 0.25) is 5.89 Å². The Kier molecular flexibility index (Phi) is 4.47. The van der Waals surface area contributed by atoms with Gasteiger partial charge in [0.1, 0.15) is 11.9 Å². The molecular formula is C18H16FN3O3. The van der Waals surface area contributed by atoms with E-state index >= 15 is 0 Å². The molecule has 25 heavy (non-hydrogen) atoms. The Labute approximate surface area is 143 Å². The average molecular weight is 341 g/mol. The Bertz CT molecular complexity index is 932. The number of rotatable bonds is 4. The summed E-state index contributed by atoms with van der Waals surface area (Å²) in [6.45, 7) is 1.57. The van der Waals surface area contributed by atoms with Crippen molar-refractivity contribution >= 4 is 11.6 Å². The molecule has 0 saturated carbocycles. The van der Waals surface area contributed by atoms with Crippen molar-refractivity contribution in [3.8, 4) is 11.5 Å². The molecule has 0 aliphatic heterocycles. The third-order valence-electron chi connectivity index (χ3n) is 3.86. The van der Waals surface area contributed by atoms with Crippen LogP contribution in [0.25, 0.3) is 11.5 Å². The van der Waals surface area contributed by atoms with Gasteiger partial charge in [-0.1, -0.05) is 18.2 Å². The minimum absolute atomic E-state index is 0.0343. The number of para-hydroxylation sites is 1. The number of benzene rings is 2. The third kappa shape index (κ3) is 3.35. The summed E-state index contributed by atoms with van der Waals surface area (Å²) in [5, 5.41) is 4.07. The quantitative estimate of drug-likeness (QED) is 0.732. The van der Waals surface area contributed by atoms with Crippen molar-refractivity contribution in [3.63, 3.8) is 0 Å². The van der Waals surface area contributed by atoms with Gasteiger partial charge in [-0.25, -0.2) is 9.18 Å². The lowest BCUT2D eigenvalue weighted by Crippen LogP contribution is -2.36. The number of nitrogens with zero attached hydrogens (tertiary/aromatic N) is 3. The predicted molar refractivity (Wildman–Crippen MR) is 90.7 cm³/mol. The molecule has 1 aromatic heterocycles. The molecule has 0 fully saturated rings. The number of halogens is 1. The molecule has 0 saturated heterocycles. The van der Waals surface area contributed by atoms with Gasteiger partial charge < -0.3 is 9.32 Å². The van der Waals surface area contributed by atoms with Gasteiger partial charge in [0.05, 0.1) is 0 Å². The number of carbonyl (C=O) groups is 1. The summed E-state index contributed by atoms with van der Waals surface area (Å²) in [4.78, 5) is 26.1. The van der Waals surface area contributed by atoms with Crippen LogP contribution >= 0.6 is 0 Å². The molecule has 1 heterocycles. The van der Waals surface area contributed by atoms with Gasteiger partial charge in [-0.2, -0.15) is 4.68 Å². The molecule has 3 rings (SSSR count). The van der Waals surface area contributed by atoms with Crippen LogP contribution in [0.1, 0.15) is 13.0 Å². The highest BCUT2D eigenvalue weighted by atomic mass is 19.1. The summed E-state index contributed by atoms with van der Waals surface area (Å²) >= 11 is 0. The van der Waals surface area contributed by atoms with E-state index < -0.39 is 17.6 Å². The van der Waals surface area contributed by atoms with E-state index in [-0.39, 0.29) is 11.8 Å². The van der Waals surface area contributed by atoms with Crippen LogP contribution in [0.5, 0.6) is 0 Å². The number of hydrogen-bond donors (Lipinski definition) is 0. The Morgan fingerprint density at radius 1 is 1.16 bits per heavy atom. The van der Waals surface area contributed by atoms with E-state index in [1.54, 1.807) is 26.1 Å². The minimum atomic E-state index is -0.851. The zero-order chi connectivity index (χ0) is 18.0. The van der Waals surface area contributed by atoms with Gasteiger partial charge in [-0.3, -0.25) is 4.79 Å². The minimum Gasteiger partial charge on any atom is -0.388 e. The largest absolute Gasteiger partial charge is 0.438 e. The van der Waals surface area contributed by atoms with Crippen molar-refractivity contribution in [2.24, 2.45) is 0 Å². The van der Waals surface area contributed by atoms with Crippen LogP contribution in [-0.2, 0) is 4.79 Å². The van der Waals surface area contributed by atoms with Crippen LogP contribution in [0.15, 0.2) is 63.8 Å². The second-order valence-electron chi connectivity index (χ2n) is 5.53. The first-order chi connectivity index (χ1) is 12.0. The smallest absolute Gasteiger partial charge is 0.388 e. The number of likely N-dealkylation sites (N-methyl/N-ethyl adjacent to an activating group) is 1. The van der Waals surface area contributed by atoms with Gasteiger partial charge >= 0.3 is 5.76 Å². The van der Waals surface area contributed by atoms with Gasteiger partial charge in [-0.15, -0.1) is 5.10 Å². The number of anilines is 1. The van der Waals surface area contributed by atoms with Gasteiger partial charge in [0, 0.05) is 18.3 Å². The van der Waals surface area contributed by atoms with Gasteiger partial charge in [0.25, 0.3) is 5.91 Å². The van der Waals surface area contributed by atoms with Crippen molar-refractivity contribution < 1.29 is 13.6 Å². The molecule has 0 unspecified atom stereocenters. The molecule has 128 valence electrons. The van der Waals surface area contributed by atoms with E-state index in [0.717, 1.165) is 4.68 Å². The average Bonchev–Trinajstić information content (AvgIpc) is 3.03. The van der Waals surface area contributed by atoms with Crippen LogP contribution < -0.4 is 10.7 Å². The summed E-state index contributed by atoms with van der Waals surface area (Å²) in [7, 11) is 1.63. The van der Waals surface area contributed by atoms with Crippen molar-refractivity contribution in [1.82, 2.24) is 9.78 Å². The molecule has 0 N–H and O–H groups in total. The maximum Gasteiger partial charge on any atom is 0.438 e. The molecule has 1 atom stereocenters. The Balaban J connectivity index is 1.87. The normalized spacial score (nSPS) is 12.0. The first-order valence-corrected chi connectivity index (χ1v) is 7.65. The fraction of sp³-hybridized carbons (Fsp3) is 0.167. The van der Waals surface area contributed by atoms with Crippen LogP contribution in [0.2, 0.25) is 0 Å². The molecule has 0 aliphatic rings. The molecule has 1 amide bonds. The first kappa shape index (κ1) is 16.6. The maximum absolute atomic E-state index is 13.0. The van der Waals surface area contributed by atoms with E-state index in [2.05, 4.69) is 5.10 Å². The lowest BCUT2D eigenvalue weighted by Gasteiger charge is -2.20. The molecule has 7 heteroatoms. The highest BCUT2D eigenvalue weighted by Crippen LogP contribution is 2.19. The fourth-order valence-electron chi connectivity index (χ4n) is 2.41.